The number of hydrogen-bond donors (Lipinski definition) is 1. The maximum absolute atomic E-state index is 10.1. The number of carbonyl (C=O) groups is 2. The van der Waals surface area contributed by atoms with Crippen molar-refractivity contribution in [3.8, 4) is 30.3 Å². The Morgan fingerprint density at radius 1 is 0.278 bits per heavy atom. The molecule has 0 aliphatic rings. The van der Waals surface area contributed by atoms with E-state index in [1.807, 2.05) is 328 Å². The molecular weight excluding hydrogens is 1610 g/mol. The van der Waals surface area contributed by atoms with Gasteiger partial charge in [0.15, 0.2) is 0 Å². The molecule has 0 amide bonds. The van der Waals surface area contributed by atoms with Crippen molar-refractivity contribution in [2.45, 2.75) is 21.3 Å². The molecule has 0 saturated carbocycles. The maximum Gasteiger partial charge on any atom is 0.150 e. The Balaban J connectivity index is 0.000000240. The van der Waals surface area contributed by atoms with Crippen molar-refractivity contribution in [1.29, 1.82) is 26.3 Å². The Morgan fingerprint density at radius 2 is 0.487 bits per heavy atom. The predicted octanol–water partition coefficient (Wildman–Crippen LogP) is 28.7. The molecule has 0 aromatic heterocycles. The number of halogens is 3. The van der Waals surface area contributed by atoms with E-state index in [-0.39, 0.29) is 16.3 Å². The van der Waals surface area contributed by atoms with Crippen LogP contribution in [0.1, 0.15) is 87.1 Å². The largest absolute Gasteiger partial charge is 1.00 e. The molecule has 14 rings (SSSR count). The first kappa shape index (κ1) is 86.3. The molecule has 0 radical (unpaired) electrons. The minimum Gasteiger partial charge on any atom is -1.00 e. The summed E-state index contributed by atoms with van der Waals surface area (Å²) in [7, 11) is 0. The average Bonchev–Trinajstić information content (AvgIpc) is 0.800. The summed E-state index contributed by atoms with van der Waals surface area (Å²) in [6.45, 7) is 0. The van der Waals surface area contributed by atoms with E-state index in [1.54, 1.807) is 24.3 Å². The quantitative estimate of drug-likeness (QED) is 0.0467. The van der Waals surface area contributed by atoms with Gasteiger partial charge in [0.25, 0.3) is 0 Å². The van der Waals surface area contributed by atoms with Crippen molar-refractivity contribution in [3.63, 3.8) is 0 Å². The zero-order valence-corrected chi connectivity index (χ0v) is 65.8. The highest BCUT2D eigenvalue weighted by Gasteiger charge is 2.15. The number of aldehydes is 2. The molecule has 115 heavy (non-hydrogen) atoms. The Kier molecular flexibility index (Phi) is 34.8. The molecule has 562 valence electrons. The third-order valence-corrected chi connectivity index (χ3v) is 18.7. The summed E-state index contributed by atoms with van der Waals surface area (Å²) in [5, 5.41) is 50.8. The van der Waals surface area contributed by atoms with Gasteiger partial charge < -0.3 is 16.5 Å². The summed E-state index contributed by atoms with van der Waals surface area (Å²) in [6.07, 6.45) is 9.48. The van der Waals surface area contributed by atoms with Crippen molar-refractivity contribution in [2.75, 3.05) is 15.1 Å². The highest BCUT2D eigenvalue weighted by atomic mass is 79.9. The second kappa shape index (κ2) is 46.4. The topological polar surface area (TPSA) is 172 Å². The molecule has 0 spiro atoms. The first-order valence-electron chi connectivity index (χ1n) is 35.6. The van der Waals surface area contributed by atoms with Gasteiger partial charge in [-0.2, -0.15) is 26.3 Å². The zero-order chi connectivity index (χ0) is 79.2. The third-order valence-electron chi connectivity index (χ3n) is 17.1. The summed E-state index contributed by atoms with van der Waals surface area (Å²) >= 11 is 10.1. The molecule has 0 heterocycles. The van der Waals surface area contributed by atoms with Crippen LogP contribution in [0.25, 0.3) is 46.6 Å². The van der Waals surface area contributed by atoms with E-state index >= 15 is 0 Å². The lowest BCUT2D eigenvalue weighted by Crippen LogP contribution is -2.09. The van der Waals surface area contributed by atoms with Crippen LogP contribution in [0.5, 0.6) is 0 Å². The lowest BCUT2D eigenvalue weighted by Gasteiger charge is -2.25. The summed E-state index contributed by atoms with van der Waals surface area (Å²) in [4.78, 5) is 24.6. The normalized spacial score (nSPS) is 10.5. The molecule has 0 aliphatic carbocycles. The number of rotatable bonds is 19. The van der Waals surface area contributed by atoms with Crippen LogP contribution in [0.2, 0.25) is 0 Å². The fourth-order valence-electron chi connectivity index (χ4n) is 11.4. The molecular formula is C102H80Br3N8O2-. The van der Waals surface area contributed by atoms with Crippen LogP contribution in [0.4, 0.5) is 45.5 Å². The minimum atomic E-state index is 0. The van der Waals surface area contributed by atoms with E-state index in [2.05, 4.69) is 142 Å². The van der Waals surface area contributed by atoms with E-state index in [0.29, 0.717) is 39.8 Å². The predicted molar refractivity (Wildman–Crippen MR) is 489 cm³/mol. The lowest BCUT2D eigenvalue weighted by molar-refractivity contribution is 0.111. The number of nitriles is 5. The first-order chi connectivity index (χ1) is 55.4. The van der Waals surface area contributed by atoms with E-state index in [9.17, 15) is 30.6 Å². The molecule has 13 heteroatoms. The number of anilines is 8. The molecule has 1 N–H and O–H groups in total. The fraction of sp³-hybridized carbons (Fsp3) is 0.0294. The minimum absolute atomic E-state index is 0. The van der Waals surface area contributed by atoms with Gasteiger partial charge in [-0.05, 0) is 208 Å². The van der Waals surface area contributed by atoms with E-state index in [1.165, 1.54) is 0 Å². The van der Waals surface area contributed by atoms with Crippen LogP contribution in [-0.4, -0.2) is 12.6 Å². The highest BCUT2D eigenvalue weighted by molar-refractivity contribution is 9.11. The van der Waals surface area contributed by atoms with Crippen molar-refractivity contribution < 1.29 is 11.0 Å². The molecule has 0 bridgehead atoms. The SMILES string of the molecule is C.C.N#CC(=Cc1ccc(C=C(C#N)c2ccc(Br)cc2)cc1)c1ccc(Br)cc1.N#CC(=Cc1ccc(C=C(C#N)c2ccc(N(c3ccccc3)c3ccccc3)cc2)cc1)c1ccc(N(c2ccccc2)c2ccccc2)cc1.N#CCc1ccc(Br)cc1.O=Cc1ccc(C=O)cc1.[2H-].c1ccc(Nc2ccccc2)cc1. The number of hydrogen-bond acceptors (Lipinski definition) is 10. The van der Waals surface area contributed by atoms with Gasteiger partial charge in [0, 0.05) is 70.0 Å². The molecule has 0 fully saturated rings. The Labute approximate surface area is 701 Å². The van der Waals surface area contributed by atoms with Crippen molar-refractivity contribution >= 4 is 152 Å². The van der Waals surface area contributed by atoms with Crippen molar-refractivity contribution in [2.24, 2.45) is 0 Å². The summed E-state index contributed by atoms with van der Waals surface area (Å²) in [5.74, 6) is 0. The van der Waals surface area contributed by atoms with Crippen LogP contribution in [0.3, 0.4) is 0 Å². The van der Waals surface area contributed by atoms with E-state index in [4.69, 9.17) is 5.26 Å². The van der Waals surface area contributed by atoms with Gasteiger partial charge in [0.05, 0.1) is 59.1 Å². The van der Waals surface area contributed by atoms with Crippen LogP contribution < -0.4 is 15.1 Å². The molecule has 14 aromatic rings. The summed E-state index contributed by atoms with van der Waals surface area (Å²) in [5.41, 5.74) is 20.1. The van der Waals surface area contributed by atoms with Gasteiger partial charge in [0.1, 0.15) is 12.6 Å². The molecule has 0 saturated heterocycles. The second-order valence-corrected chi connectivity index (χ2v) is 27.6. The van der Waals surface area contributed by atoms with Crippen molar-refractivity contribution in [1.82, 2.24) is 0 Å². The number of benzene rings is 14. The van der Waals surface area contributed by atoms with E-state index in [0.717, 1.165) is 122 Å². The molecule has 10 nitrogen and oxygen atoms in total. The van der Waals surface area contributed by atoms with Crippen molar-refractivity contribution in [3.05, 3.63) is 451 Å². The van der Waals surface area contributed by atoms with Gasteiger partial charge in [-0.3, -0.25) is 9.59 Å². The van der Waals surface area contributed by atoms with Crippen LogP contribution >= 0.6 is 47.8 Å². The maximum atomic E-state index is 10.1. The number of para-hydroxylation sites is 6. The average molecular weight is 1690 g/mol. The lowest BCUT2D eigenvalue weighted by atomic mass is 10.0. The fourth-order valence-corrected chi connectivity index (χ4v) is 12.2. The Hall–Kier alpha value is -14.3. The molecule has 0 atom stereocenters. The van der Waals surface area contributed by atoms with Gasteiger partial charge in [-0.25, -0.2) is 0 Å². The number of allylic oxidation sites excluding steroid dienone is 4. The third kappa shape index (κ3) is 26.7. The molecule has 14 aromatic carbocycles. The standard InChI is InChI=1S/C48H34N4.C24H14Br2N2.C12H11N.C8H6BrN.C8H6O2.2CH4.H/c49-35-41(39-25-29-47(30-26-39)51(43-13-5-1-6-14-43)44-15-7-2-8-16-44)33-37-21-23-38(24-22-37)34-42(36-50)40-27-31-48(32-28-40)52(45-17-9-3-10-18-45)46-19-11-4-12-20-46;25-23-9-5-19(6-10-23)21(15-27)13-17-1-2-18(4-3-17)14-22(16-28)20-7-11-24(26)12-8-20;1-3-7-11(8-4-1)13-12-9-5-2-6-10-12;9-8-3-1-7(2-4-8)5-6-10;9-5-7-1-2-8(6-10)4-3-7;;;/h1-34H;1-14H;1-10,13H;1-4H,5H2;1-6H;2*1H4;/q;;;;;;;-1/i;;;;;;;1+1. The Bertz CT molecular complexity index is 5320. The van der Waals surface area contributed by atoms with E-state index < -0.39 is 0 Å². The van der Waals surface area contributed by atoms with Crippen LogP contribution in [0.15, 0.2) is 390 Å². The second-order valence-electron chi connectivity index (χ2n) is 24.9. The smallest absolute Gasteiger partial charge is 0.150 e. The highest BCUT2D eigenvalue weighted by Crippen LogP contribution is 2.37. The van der Waals surface area contributed by atoms with Gasteiger partial charge in [-0.15, -0.1) is 0 Å². The van der Waals surface area contributed by atoms with Crippen LogP contribution in [0, 0.1) is 56.7 Å². The summed E-state index contributed by atoms with van der Waals surface area (Å²) < 4.78 is 3.00. The zero-order valence-electron chi connectivity index (χ0n) is 62.0. The molecule has 0 unspecified atom stereocenters. The first-order valence-corrected chi connectivity index (χ1v) is 38.0. The monoisotopic (exact) mass is 1690 g/mol. The Morgan fingerprint density at radius 3 is 0.713 bits per heavy atom. The number of nitrogens with one attached hydrogen (secondary N) is 1. The summed E-state index contributed by atoms with van der Waals surface area (Å²) in [6, 6.07) is 134. The molecule has 0 aliphatic heterocycles. The van der Waals surface area contributed by atoms with Crippen LogP contribution in [-0.2, 0) is 6.42 Å². The number of nitrogens with zero attached hydrogens (tertiary/aromatic N) is 7. The van der Waals surface area contributed by atoms with Gasteiger partial charge >= 0.3 is 0 Å². The van der Waals surface area contributed by atoms with Gasteiger partial charge in [-0.1, -0.05) is 305 Å². The van der Waals surface area contributed by atoms with Gasteiger partial charge in [0.2, 0.25) is 0 Å². The number of carbonyl (C=O) groups excluding carboxylic acids is 2.